The summed E-state index contributed by atoms with van der Waals surface area (Å²) in [6, 6.07) is 14.8. The normalized spacial score (nSPS) is 18.2. The molecular weight excluding hydrogens is 351 g/mol. The zero-order valence-corrected chi connectivity index (χ0v) is 14.5. The van der Waals surface area contributed by atoms with E-state index in [9.17, 15) is 4.79 Å². The molecule has 6 heteroatoms. The van der Waals surface area contributed by atoms with E-state index in [0.717, 1.165) is 5.69 Å². The van der Waals surface area contributed by atoms with Crippen LogP contribution in [0, 0.1) is 0 Å². The predicted molar refractivity (Wildman–Crippen MR) is 98.3 cm³/mol. The third-order valence-electron chi connectivity index (χ3n) is 3.25. The van der Waals surface area contributed by atoms with Gasteiger partial charge in [0.1, 0.15) is 0 Å². The highest BCUT2D eigenvalue weighted by molar-refractivity contribution is 8.18. The number of carbonyl (C=O) groups excluding carboxylic acids is 1. The number of halogens is 2. The molecule has 0 bridgehead atoms. The highest BCUT2D eigenvalue weighted by Crippen LogP contribution is 2.35. The molecule has 1 fully saturated rings. The maximum Gasteiger partial charge on any atom is 0.266 e. The third kappa shape index (κ3) is 3.44. The summed E-state index contributed by atoms with van der Waals surface area (Å²) < 4.78 is 0. The maximum atomic E-state index is 12.4. The second-order valence-electron chi connectivity index (χ2n) is 4.85. The molecule has 2 aromatic carbocycles. The molecule has 0 aliphatic carbocycles. The fourth-order valence-electron chi connectivity index (χ4n) is 2.04. The highest BCUT2D eigenvalue weighted by atomic mass is 35.5. The number of benzene rings is 2. The minimum Gasteiger partial charge on any atom is -0.290 e. The Labute approximate surface area is 148 Å². The second kappa shape index (κ2) is 6.79. The molecule has 0 spiro atoms. The summed E-state index contributed by atoms with van der Waals surface area (Å²) in [7, 11) is 1.71. The number of hydrogen-bond donors (Lipinski definition) is 0. The van der Waals surface area contributed by atoms with Crippen LogP contribution in [0.5, 0.6) is 0 Å². The number of aliphatic imine (C=N–C) groups is 1. The van der Waals surface area contributed by atoms with E-state index < -0.39 is 0 Å². The summed E-state index contributed by atoms with van der Waals surface area (Å²) in [4.78, 5) is 19.0. The van der Waals surface area contributed by atoms with E-state index in [1.54, 1.807) is 25.3 Å². The number of likely N-dealkylation sites (N-methyl/N-ethyl adjacent to an activating group) is 1. The van der Waals surface area contributed by atoms with Crippen molar-refractivity contribution in [2.45, 2.75) is 0 Å². The second-order valence-corrected chi connectivity index (χ2v) is 6.64. The van der Waals surface area contributed by atoms with Crippen LogP contribution in [0.4, 0.5) is 5.69 Å². The van der Waals surface area contributed by atoms with Crippen molar-refractivity contribution in [1.29, 1.82) is 0 Å². The first kappa shape index (κ1) is 16.1. The van der Waals surface area contributed by atoms with Gasteiger partial charge in [-0.05, 0) is 41.6 Å². The number of amides is 1. The molecule has 1 saturated heterocycles. The van der Waals surface area contributed by atoms with Gasteiger partial charge >= 0.3 is 0 Å². The quantitative estimate of drug-likeness (QED) is 0.685. The van der Waals surface area contributed by atoms with Gasteiger partial charge in [-0.1, -0.05) is 53.5 Å². The monoisotopic (exact) mass is 362 g/mol. The number of nitrogens with zero attached hydrogens (tertiary/aromatic N) is 2. The van der Waals surface area contributed by atoms with Gasteiger partial charge in [0.05, 0.1) is 20.6 Å². The Morgan fingerprint density at radius 3 is 2.57 bits per heavy atom. The molecule has 0 atom stereocenters. The largest absolute Gasteiger partial charge is 0.290 e. The maximum absolute atomic E-state index is 12.4. The first-order valence-corrected chi connectivity index (χ1v) is 8.39. The van der Waals surface area contributed by atoms with Crippen molar-refractivity contribution in [3.8, 4) is 0 Å². The minimum atomic E-state index is -0.110. The van der Waals surface area contributed by atoms with Gasteiger partial charge in [-0.15, -0.1) is 0 Å². The Morgan fingerprint density at radius 1 is 1.09 bits per heavy atom. The molecule has 1 heterocycles. The van der Waals surface area contributed by atoms with E-state index in [1.165, 1.54) is 16.7 Å². The van der Waals surface area contributed by atoms with Gasteiger partial charge in [0, 0.05) is 7.05 Å². The van der Waals surface area contributed by atoms with Crippen LogP contribution < -0.4 is 0 Å². The van der Waals surface area contributed by atoms with Crippen LogP contribution in [-0.2, 0) is 4.79 Å². The zero-order chi connectivity index (χ0) is 16.4. The summed E-state index contributed by atoms with van der Waals surface area (Å²) in [5.41, 5.74) is 1.51. The fourth-order valence-corrected chi connectivity index (χ4v) is 3.38. The lowest BCUT2D eigenvalue weighted by atomic mass is 10.2. The van der Waals surface area contributed by atoms with Crippen LogP contribution in [0.3, 0.4) is 0 Å². The van der Waals surface area contributed by atoms with Crippen molar-refractivity contribution in [2.24, 2.45) is 4.99 Å². The van der Waals surface area contributed by atoms with Crippen LogP contribution in [0.15, 0.2) is 58.4 Å². The molecule has 23 heavy (non-hydrogen) atoms. The smallest absolute Gasteiger partial charge is 0.266 e. The van der Waals surface area contributed by atoms with E-state index in [4.69, 9.17) is 23.2 Å². The molecule has 3 rings (SSSR count). The van der Waals surface area contributed by atoms with Crippen LogP contribution in [-0.4, -0.2) is 23.0 Å². The van der Waals surface area contributed by atoms with Gasteiger partial charge in [-0.3, -0.25) is 9.69 Å². The van der Waals surface area contributed by atoms with Crippen molar-refractivity contribution in [3.05, 3.63) is 69.0 Å². The number of hydrogen-bond acceptors (Lipinski definition) is 3. The lowest BCUT2D eigenvalue weighted by Gasteiger charge is -2.06. The number of carbonyl (C=O) groups is 1. The van der Waals surface area contributed by atoms with E-state index in [0.29, 0.717) is 25.7 Å². The van der Waals surface area contributed by atoms with Crippen molar-refractivity contribution in [2.75, 3.05) is 7.05 Å². The van der Waals surface area contributed by atoms with Gasteiger partial charge in [0.25, 0.3) is 5.91 Å². The first-order valence-electron chi connectivity index (χ1n) is 6.81. The predicted octanol–water partition coefficient (Wildman–Crippen LogP) is 5.23. The van der Waals surface area contributed by atoms with Gasteiger partial charge in [-0.25, -0.2) is 4.99 Å². The van der Waals surface area contributed by atoms with Crippen molar-refractivity contribution in [3.63, 3.8) is 0 Å². The summed E-state index contributed by atoms with van der Waals surface area (Å²) in [6.07, 6.45) is 1.74. The summed E-state index contributed by atoms with van der Waals surface area (Å²) in [6.45, 7) is 0. The molecule has 0 N–H and O–H groups in total. The Morgan fingerprint density at radius 2 is 1.83 bits per heavy atom. The fraction of sp³-hybridized carbons (Fsp3) is 0.0588. The molecule has 1 aliphatic heterocycles. The molecule has 2 aromatic rings. The molecule has 1 amide bonds. The number of thioether (sulfide) groups is 1. The summed E-state index contributed by atoms with van der Waals surface area (Å²) in [5, 5.41) is 1.53. The topological polar surface area (TPSA) is 32.7 Å². The Hall–Kier alpha value is -1.75. The Bertz CT molecular complexity index is 819. The first-order chi connectivity index (χ1) is 11.1. The lowest BCUT2D eigenvalue weighted by molar-refractivity contribution is -0.121. The molecule has 116 valence electrons. The average molecular weight is 363 g/mol. The molecule has 0 unspecified atom stereocenters. The Kier molecular flexibility index (Phi) is 4.76. The SMILES string of the molecule is CN1C(=O)/C(=C\c2cccc(Cl)c2Cl)SC1=Nc1ccccc1. The van der Waals surface area contributed by atoms with E-state index in [1.807, 2.05) is 36.4 Å². The average Bonchev–Trinajstić information content (AvgIpc) is 2.81. The molecule has 0 saturated carbocycles. The van der Waals surface area contributed by atoms with Crippen LogP contribution in [0.25, 0.3) is 6.08 Å². The molecule has 0 radical (unpaired) electrons. The Balaban J connectivity index is 1.94. The van der Waals surface area contributed by atoms with Crippen molar-refractivity contribution in [1.82, 2.24) is 4.90 Å². The van der Waals surface area contributed by atoms with Gasteiger partial charge in [-0.2, -0.15) is 0 Å². The van der Waals surface area contributed by atoms with E-state index in [2.05, 4.69) is 4.99 Å². The molecule has 1 aliphatic rings. The van der Waals surface area contributed by atoms with E-state index >= 15 is 0 Å². The molecule has 3 nitrogen and oxygen atoms in total. The van der Waals surface area contributed by atoms with Crippen molar-refractivity contribution >= 4 is 57.8 Å². The van der Waals surface area contributed by atoms with Crippen LogP contribution in [0.1, 0.15) is 5.56 Å². The van der Waals surface area contributed by atoms with Gasteiger partial charge in [0.15, 0.2) is 5.17 Å². The number of rotatable bonds is 2. The number of para-hydroxylation sites is 1. The molecular formula is C17H12Cl2N2OS. The summed E-state index contributed by atoms with van der Waals surface area (Å²) >= 11 is 13.5. The van der Waals surface area contributed by atoms with Crippen molar-refractivity contribution < 1.29 is 4.79 Å². The standard InChI is InChI=1S/C17H12Cl2N2OS/c1-21-16(22)14(10-11-6-5-9-13(18)15(11)19)23-17(21)20-12-7-3-2-4-8-12/h2-10H,1H3/b14-10+,20-17?. The van der Waals surface area contributed by atoms with Gasteiger partial charge in [0.2, 0.25) is 0 Å². The van der Waals surface area contributed by atoms with Gasteiger partial charge < -0.3 is 0 Å². The lowest BCUT2D eigenvalue weighted by Crippen LogP contribution is -2.23. The van der Waals surface area contributed by atoms with E-state index in [-0.39, 0.29) is 5.91 Å². The summed E-state index contributed by atoms with van der Waals surface area (Å²) in [5.74, 6) is -0.110. The van der Waals surface area contributed by atoms with Crippen LogP contribution in [0.2, 0.25) is 10.0 Å². The highest BCUT2D eigenvalue weighted by Gasteiger charge is 2.30. The number of amidine groups is 1. The van der Waals surface area contributed by atoms with Crippen LogP contribution >= 0.6 is 35.0 Å². The minimum absolute atomic E-state index is 0.110. The third-order valence-corrected chi connectivity index (χ3v) is 5.15. The molecule has 0 aromatic heterocycles. The zero-order valence-electron chi connectivity index (χ0n) is 12.2.